The Hall–Kier alpha value is -1.35. The van der Waals surface area contributed by atoms with Crippen molar-refractivity contribution >= 4 is 6.21 Å². The molecule has 0 bridgehead atoms. The lowest BCUT2D eigenvalue weighted by molar-refractivity contribution is 0.387. The van der Waals surface area contributed by atoms with E-state index in [-0.39, 0.29) is 17.8 Å². The molecule has 1 aliphatic carbocycles. The molecule has 1 saturated carbocycles. The molecule has 3 N–H and O–H groups in total. The van der Waals surface area contributed by atoms with E-state index in [1.165, 1.54) is 12.8 Å². The zero-order valence-corrected chi connectivity index (χ0v) is 10.3. The van der Waals surface area contributed by atoms with Crippen LogP contribution < -0.4 is 5.73 Å². The van der Waals surface area contributed by atoms with Crippen molar-refractivity contribution in [1.29, 1.82) is 0 Å². The maximum atomic E-state index is 9.76. The van der Waals surface area contributed by atoms with Crippen molar-refractivity contribution in [2.24, 2.45) is 10.7 Å². The van der Waals surface area contributed by atoms with Crippen molar-refractivity contribution in [2.45, 2.75) is 44.7 Å². The van der Waals surface area contributed by atoms with Gasteiger partial charge in [-0.2, -0.15) is 0 Å². The number of benzene rings is 1. The van der Waals surface area contributed by atoms with Gasteiger partial charge in [-0.3, -0.25) is 4.99 Å². The second-order valence-electron chi connectivity index (χ2n) is 4.86. The van der Waals surface area contributed by atoms with Crippen LogP contribution in [-0.2, 0) is 0 Å². The van der Waals surface area contributed by atoms with Gasteiger partial charge in [0.05, 0.1) is 6.04 Å². The van der Waals surface area contributed by atoms with Crippen LogP contribution in [0, 0.1) is 6.92 Å². The number of hydrogen-bond donors (Lipinski definition) is 2. The lowest BCUT2D eigenvalue weighted by Crippen LogP contribution is -2.36. The molecule has 1 aromatic carbocycles. The molecule has 0 saturated heterocycles. The average Bonchev–Trinajstić information content (AvgIpc) is 2.30. The summed E-state index contributed by atoms with van der Waals surface area (Å²) in [6, 6.07) is 6.00. The highest BCUT2D eigenvalue weighted by Gasteiger charge is 2.20. The van der Waals surface area contributed by atoms with Crippen LogP contribution in [-0.4, -0.2) is 23.4 Å². The van der Waals surface area contributed by atoms with Crippen LogP contribution in [0.3, 0.4) is 0 Å². The van der Waals surface area contributed by atoms with Gasteiger partial charge in [-0.25, -0.2) is 0 Å². The molecule has 1 aliphatic rings. The van der Waals surface area contributed by atoms with E-state index in [0.717, 1.165) is 24.0 Å². The van der Waals surface area contributed by atoms with Gasteiger partial charge in [0, 0.05) is 17.8 Å². The number of aliphatic imine (C=N–C) groups is 1. The van der Waals surface area contributed by atoms with E-state index < -0.39 is 0 Å². The third-order valence-corrected chi connectivity index (χ3v) is 3.37. The minimum atomic E-state index is 0.174. The molecule has 0 amide bonds. The molecule has 0 heterocycles. The van der Waals surface area contributed by atoms with Crippen LogP contribution in [0.5, 0.6) is 5.75 Å². The van der Waals surface area contributed by atoms with Crippen LogP contribution in [0.4, 0.5) is 0 Å². The fraction of sp³-hybridized carbons (Fsp3) is 0.500. The first-order chi connectivity index (χ1) is 8.16. The van der Waals surface area contributed by atoms with Gasteiger partial charge in [0.15, 0.2) is 0 Å². The normalized spacial score (nSPS) is 25.3. The minimum Gasteiger partial charge on any atom is -0.507 e. The van der Waals surface area contributed by atoms with Crippen molar-refractivity contribution < 1.29 is 5.11 Å². The second kappa shape index (κ2) is 5.32. The van der Waals surface area contributed by atoms with Crippen molar-refractivity contribution in [3.8, 4) is 5.75 Å². The molecule has 17 heavy (non-hydrogen) atoms. The number of rotatable bonds is 2. The number of aromatic hydroxyl groups is 1. The summed E-state index contributed by atoms with van der Waals surface area (Å²) in [6.07, 6.45) is 6.29. The van der Waals surface area contributed by atoms with Crippen LogP contribution in [0.1, 0.15) is 36.8 Å². The average molecular weight is 232 g/mol. The summed E-state index contributed by atoms with van der Waals surface area (Å²) in [4.78, 5) is 4.51. The topological polar surface area (TPSA) is 58.6 Å². The van der Waals surface area contributed by atoms with E-state index in [9.17, 15) is 5.11 Å². The van der Waals surface area contributed by atoms with E-state index in [0.29, 0.717) is 0 Å². The predicted octanol–water partition coefficient (Wildman–Crippen LogP) is 2.39. The van der Waals surface area contributed by atoms with Gasteiger partial charge < -0.3 is 10.8 Å². The number of phenolic OH excluding ortho intramolecular Hbond substituents is 1. The summed E-state index contributed by atoms with van der Waals surface area (Å²) in [5.41, 5.74) is 7.85. The summed E-state index contributed by atoms with van der Waals surface area (Å²) in [6.45, 7) is 1.96. The Bertz CT molecular complexity index is 415. The first-order valence-electron chi connectivity index (χ1n) is 6.25. The van der Waals surface area contributed by atoms with Gasteiger partial charge in [0.2, 0.25) is 0 Å². The minimum absolute atomic E-state index is 0.174. The Morgan fingerprint density at radius 1 is 1.35 bits per heavy atom. The SMILES string of the molecule is Cc1ccc(C=NC2CCCCC2N)c(O)c1. The third kappa shape index (κ3) is 3.07. The lowest BCUT2D eigenvalue weighted by atomic mass is 9.91. The molecule has 0 spiro atoms. The molecule has 2 atom stereocenters. The van der Waals surface area contributed by atoms with Crippen LogP contribution >= 0.6 is 0 Å². The van der Waals surface area contributed by atoms with E-state index in [1.54, 1.807) is 12.3 Å². The Balaban J connectivity index is 2.08. The predicted molar refractivity (Wildman–Crippen MR) is 70.7 cm³/mol. The van der Waals surface area contributed by atoms with Gasteiger partial charge in [0.1, 0.15) is 5.75 Å². The number of nitrogens with zero attached hydrogens (tertiary/aromatic N) is 1. The highest BCUT2D eigenvalue weighted by Crippen LogP contribution is 2.21. The molecule has 0 aliphatic heterocycles. The van der Waals surface area contributed by atoms with E-state index in [1.807, 2.05) is 19.1 Å². The summed E-state index contributed by atoms with van der Waals surface area (Å²) in [7, 11) is 0. The van der Waals surface area contributed by atoms with Crippen molar-refractivity contribution in [3.05, 3.63) is 29.3 Å². The molecule has 3 heteroatoms. The van der Waals surface area contributed by atoms with Crippen molar-refractivity contribution in [1.82, 2.24) is 0 Å². The number of aryl methyl sites for hydroxylation is 1. The van der Waals surface area contributed by atoms with Gasteiger partial charge in [-0.1, -0.05) is 18.9 Å². The maximum absolute atomic E-state index is 9.76. The van der Waals surface area contributed by atoms with E-state index in [2.05, 4.69) is 4.99 Å². The Kier molecular flexibility index (Phi) is 3.79. The fourth-order valence-corrected chi connectivity index (χ4v) is 2.26. The quantitative estimate of drug-likeness (QED) is 0.769. The molecule has 1 fully saturated rings. The monoisotopic (exact) mass is 232 g/mol. The molecular weight excluding hydrogens is 212 g/mol. The molecule has 2 rings (SSSR count). The van der Waals surface area contributed by atoms with Gasteiger partial charge in [-0.05, 0) is 37.5 Å². The number of phenols is 1. The zero-order chi connectivity index (χ0) is 12.3. The summed E-state index contributed by atoms with van der Waals surface area (Å²) < 4.78 is 0. The maximum Gasteiger partial charge on any atom is 0.124 e. The zero-order valence-electron chi connectivity index (χ0n) is 10.3. The first kappa shape index (κ1) is 12.1. The Labute approximate surface area is 102 Å². The van der Waals surface area contributed by atoms with Gasteiger partial charge in [-0.15, -0.1) is 0 Å². The fourth-order valence-electron chi connectivity index (χ4n) is 2.26. The van der Waals surface area contributed by atoms with E-state index in [4.69, 9.17) is 5.73 Å². The van der Waals surface area contributed by atoms with Gasteiger partial charge in [0.25, 0.3) is 0 Å². The summed E-state index contributed by atoms with van der Waals surface area (Å²) in [5.74, 6) is 0.290. The first-order valence-corrected chi connectivity index (χ1v) is 6.25. The highest BCUT2D eigenvalue weighted by molar-refractivity contribution is 5.83. The molecule has 92 valence electrons. The number of nitrogens with two attached hydrogens (primary N) is 1. The third-order valence-electron chi connectivity index (χ3n) is 3.37. The molecule has 1 aromatic rings. The molecular formula is C14H20N2O. The van der Waals surface area contributed by atoms with Crippen LogP contribution in [0.25, 0.3) is 0 Å². The van der Waals surface area contributed by atoms with Crippen molar-refractivity contribution in [2.75, 3.05) is 0 Å². The largest absolute Gasteiger partial charge is 0.507 e. The summed E-state index contributed by atoms with van der Waals surface area (Å²) >= 11 is 0. The van der Waals surface area contributed by atoms with Crippen LogP contribution in [0.15, 0.2) is 23.2 Å². The molecule has 0 radical (unpaired) electrons. The van der Waals surface area contributed by atoms with E-state index >= 15 is 0 Å². The Morgan fingerprint density at radius 3 is 2.82 bits per heavy atom. The highest BCUT2D eigenvalue weighted by atomic mass is 16.3. The van der Waals surface area contributed by atoms with Crippen LogP contribution in [0.2, 0.25) is 0 Å². The lowest BCUT2D eigenvalue weighted by Gasteiger charge is -2.24. The van der Waals surface area contributed by atoms with Crippen molar-refractivity contribution in [3.63, 3.8) is 0 Å². The number of hydrogen-bond acceptors (Lipinski definition) is 3. The molecule has 0 aromatic heterocycles. The Morgan fingerprint density at radius 2 is 2.12 bits per heavy atom. The standard InChI is InChI=1S/C14H20N2O/c1-10-6-7-11(14(17)8-10)9-16-13-5-3-2-4-12(13)15/h6-9,12-13,17H,2-5,15H2,1H3. The molecule has 2 unspecified atom stereocenters. The molecule has 3 nitrogen and oxygen atoms in total. The van der Waals surface area contributed by atoms with Gasteiger partial charge >= 0.3 is 0 Å². The summed E-state index contributed by atoms with van der Waals surface area (Å²) in [5, 5.41) is 9.76. The second-order valence-corrected chi connectivity index (χ2v) is 4.86. The smallest absolute Gasteiger partial charge is 0.124 e.